The van der Waals surface area contributed by atoms with Crippen LogP contribution in [0, 0.1) is 0 Å². The molecule has 6 heteroatoms. The van der Waals surface area contributed by atoms with Gasteiger partial charge in [-0.2, -0.15) is 0 Å². The number of carbonyl (C=O) groups is 1. The van der Waals surface area contributed by atoms with Gasteiger partial charge in [-0.15, -0.1) is 0 Å². The van der Waals surface area contributed by atoms with E-state index in [2.05, 4.69) is 4.98 Å². The third-order valence-corrected chi connectivity index (χ3v) is 4.34. The maximum atomic E-state index is 13.0. The molecule has 3 aromatic rings. The van der Waals surface area contributed by atoms with Gasteiger partial charge in [0.05, 0.1) is 23.3 Å². The predicted molar refractivity (Wildman–Crippen MR) is 106 cm³/mol. The van der Waals surface area contributed by atoms with Crippen LogP contribution in [0.3, 0.4) is 0 Å². The fourth-order valence-electron chi connectivity index (χ4n) is 2.97. The molecule has 0 aliphatic heterocycles. The Labute approximate surface area is 163 Å². The van der Waals surface area contributed by atoms with Crippen molar-refractivity contribution in [1.29, 1.82) is 0 Å². The highest BCUT2D eigenvalue weighted by molar-refractivity contribution is 5.83. The first-order valence-corrected chi connectivity index (χ1v) is 9.38. The number of hydrogen-bond acceptors (Lipinski definition) is 6. The molecule has 1 aromatic carbocycles. The van der Waals surface area contributed by atoms with Gasteiger partial charge in [0.15, 0.2) is 6.10 Å². The Morgan fingerprint density at radius 2 is 2.07 bits per heavy atom. The van der Waals surface area contributed by atoms with Crippen molar-refractivity contribution in [3.05, 3.63) is 58.6 Å². The number of carbonyl (C=O) groups excluding carboxylic acids is 1. The minimum absolute atomic E-state index is 0.151. The maximum Gasteiger partial charge on any atom is 0.347 e. The third-order valence-electron chi connectivity index (χ3n) is 4.34. The predicted octanol–water partition coefficient (Wildman–Crippen LogP) is 4.14. The van der Waals surface area contributed by atoms with E-state index >= 15 is 0 Å². The van der Waals surface area contributed by atoms with E-state index in [0.29, 0.717) is 34.4 Å². The van der Waals surface area contributed by atoms with E-state index in [4.69, 9.17) is 13.9 Å². The van der Waals surface area contributed by atoms with Crippen molar-refractivity contribution in [3.63, 3.8) is 0 Å². The van der Waals surface area contributed by atoms with Crippen LogP contribution in [0.25, 0.3) is 22.2 Å². The maximum absolute atomic E-state index is 13.0. The monoisotopic (exact) mass is 381 g/mol. The van der Waals surface area contributed by atoms with E-state index in [0.717, 1.165) is 12.0 Å². The summed E-state index contributed by atoms with van der Waals surface area (Å²) < 4.78 is 16.5. The van der Waals surface area contributed by atoms with Crippen LogP contribution in [-0.4, -0.2) is 23.7 Å². The molecule has 0 aliphatic rings. The second kappa shape index (κ2) is 8.69. The highest BCUT2D eigenvalue weighted by Gasteiger charge is 2.19. The fourth-order valence-corrected chi connectivity index (χ4v) is 2.97. The quantitative estimate of drug-likeness (QED) is 0.573. The SMILES string of the molecule is CCCc1cc2c(=O)c(-c3ccccn3)coc2cc1OC(C)C(=O)OCC. The van der Waals surface area contributed by atoms with Gasteiger partial charge in [0, 0.05) is 12.3 Å². The van der Waals surface area contributed by atoms with Crippen LogP contribution in [0.1, 0.15) is 32.8 Å². The molecule has 0 bridgehead atoms. The van der Waals surface area contributed by atoms with Gasteiger partial charge in [0.2, 0.25) is 5.43 Å². The summed E-state index contributed by atoms with van der Waals surface area (Å²) >= 11 is 0. The summed E-state index contributed by atoms with van der Waals surface area (Å²) in [7, 11) is 0. The molecule has 1 atom stereocenters. The van der Waals surface area contributed by atoms with Crippen LogP contribution in [0.4, 0.5) is 0 Å². The van der Waals surface area contributed by atoms with E-state index in [9.17, 15) is 9.59 Å². The van der Waals surface area contributed by atoms with E-state index in [1.165, 1.54) is 6.26 Å². The molecule has 146 valence electrons. The van der Waals surface area contributed by atoms with Crippen molar-refractivity contribution in [2.75, 3.05) is 6.61 Å². The number of benzene rings is 1. The van der Waals surface area contributed by atoms with Gasteiger partial charge in [0.25, 0.3) is 0 Å². The molecule has 6 nitrogen and oxygen atoms in total. The summed E-state index contributed by atoms with van der Waals surface area (Å²) in [6.45, 7) is 5.71. The Hall–Kier alpha value is -3.15. The lowest BCUT2D eigenvalue weighted by Crippen LogP contribution is -2.26. The molecule has 0 saturated heterocycles. The topological polar surface area (TPSA) is 78.6 Å². The van der Waals surface area contributed by atoms with Crippen LogP contribution in [-0.2, 0) is 16.0 Å². The standard InChI is InChI=1S/C22H23NO5/c1-4-8-15-11-16-20(12-19(15)28-14(3)22(25)26-5-2)27-13-17(21(16)24)18-9-6-7-10-23-18/h6-7,9-14H,4-5,8H2,1-3H3. The summed E-state index contributed by atoms with van der Waals surface area (Å²) in [5.41, 5.74) is 2.06. The smallest absolute Gasteiger partial charge is 0.347 e. The molecule has 0 spiro atoms. The van der Waals surface area contributed by atoms with Crippen LogP contribution in [0.15, 0.2) is 52.0 Å². The van der Waals surface area contributed by atoms with E-state index < -0.39 is 12.1 Å². The van der Waals surface area contributed by atoms with Gasteiger partial charge in [-0.1, -0.05) is 19.4 Å². The van der Waals surface area contributed by atoms with Crippen LogP contribution >= 0.6 is 0 Å². The molecule has 2 heterocycles. The number of nitrogens with zero attached hydrogens (tertiary/aromatic N) is 1. The molecule has 0 amide bonds. The number of aryl methyl sites for hydroxylation is 1. The Morgan fingerprint density at radius 3 is 2.75 bits per heavy atom. The average Bonchev–Trinajstić information content (AvgIpc) is 2.70. The molecule has 28 heavy (non-hydrogen) atoms. The summed E-state index contributed by atoms with van der Waals surface area (Å²) in [5.74, 6) is 0.0839. The normalized spacial score (nSPS) is 12.0. The minimum Gasteiger partial charge on any atom is -0.479 e. The molecular weight excluding hydrogens is 358 g/mol. The van der Waals surface area contributed by atoms with Gasteiger partial charge in [-0.3, -0.25) is 9.78 Å². The minimum atomic E-state index is -0.757. The highest BCUT2D eigenvalue weighted by atomic mass is 16.6. The molecule has 0 radical (unpaired) electrons. The number of fused-ring (bicyclic) bond motifs is 1. The lowest BCUT2D eigenvalue weighted by atomic mass is 10.0. The zero-order valence-electron chi connectivity index (χ0n) is 16.2. The number of hydrogen-bond donors (Lipinski definition) is 0. The number of aromatic nitrogens is 1. The van der Waals surface area contributed by atoms with Gasteiger partial charge < -0.3 is 13.9 Å². The number of rotatable bonds is 7. The van der Waals surface area contributed by atoms with Crippen molar-refractivity contribution in [2.24, 2.45) is 0 Å². The largest absolute Gasteiger partial charge is 0.479 e. The molecule has 0 N–H and O–H groups in total. The van der Waals surface area contributed by atoms with Crippen molar-refractivity contribution in [2.45, 2.75) is 39.7 Å². The van der Waals surface area contributed by atoms with Crippen LogP contribution in [0.5, 0.6) is 5.75 Å². The van der Waals surface area contributed by atoms with E-state index in [-0.39, 0.29) is 12.0 Å². The first-order chi connectivity index (χ1) is 13.5. The van der Waals surface area contributed by atoms with Gasteiger partial charge in [-0.25, -0.2) is 4.79 Å². The van der Waals surface area contributed by atoms with E-state index in [1.54, 1.807) is 44.3 Å². The zero-order valence-corrected chi connectivity index (χ0v) is 16.2. The number of esters is 1. The lowest BCUT2D eigenvalue weighted by molar-refractivity contribution is -0.150. The van der Waals surface area contributed by atoms with Gasteiger partial charge in [-0.05, 0) is 44.0 Å². The van der Waals surface area contributed by atoms with Crippen molar-refractivity contribution < 1.29 is 18.7 Å². The molecule has 0 aliphatic carbocycles. The first kappa shape index (κ1) is 19.6. The summed E-state index contributed by atoms with van der Waals surface area (Å²) in [4.78, 5) is 29.1. The molecule has 3 rings (SSSR count). The van der Waals surface area contributed by atoms with Crippen LogP contribution in [0.2, 0.25) is 0 Å². The summed E-state index contributed by atoms with van der Waals surface area (Å²) in [5, 5.41) is 0.461. The first-order valence-electron chi connectivity index (χ1n) is 9.38. The molecule has 0 saturated carbocycles. The number of ether oxygens (including phenoxy) is 2. The lowest BCUT2D eigenvalue weighted by Gasteiger charge is -2.17. The average molecular weight is 381 g/mol. The number of pyridine rings is 1. The van der Waals surface area contributed by atoms with Crippen molar-refractivity contribution in [3.8, 4) is 17.0 Å². The van der Waals surface area contributed by atoms with E-state index in [1.807, 2.05) is 13.0 Å². The van der Waals surface area contributed by atoms with Crippen molar-refractivity contribution in [1.82, 2.24) is 4.98 Å². The second-order valence-electron chi connectivity index (χ2n) is 6.41. The highest BCUT2D eigenvalue weighted by Crippen LogP contribution is 2.28. The molecule has 1 unspecified atom stereocenters. The second-order valence-corrected chi connectivity index (χ2v) is 6.41. The molecule has 0 fully saturated rings. The van der Waals surface area contributed by atoms with Gasteiger partial charge >= 0.3 is 5.97 Å². The summed E-state index contributed by atoms with van der Waals surface area (Å²) in [6.07, 6.45) is 3.85. The fraction of sp³-hybridized carbons (Fsp3) is 0.318. The Kier molecular flexibility index (Phi) is 6.09. The van der Waals surface area contributed by atoms with Crippen LogP contribution < -0.4 is 10.2 Å². The Morgan fingerprint density at radius 1 is 1.25 bits per heavy atom. The van der Waals surface area contributed by atoms with Crippen molar-refractivity contribution >= 4 is 16.9 Å². The third kappa shape index (κ3) is 4.06. The summed E-state index contributed by atoms with van der Waals surface area (Å²) in [6, 6.07) is 8.83. The zero-order chi connectivity index (χ0) is 20.1. The Balaban J connectivity index is 2.06. The van der Waals surface area contributed by atoms with Gasteiger partial charge in [0.1, 0.15) is 17.6 Å². The molecular formula is C22H23NO5. The Bertz CT molecular complexity index is 1030. The molecule has 2 aromatic heterocycles.